The Labute approximate surface area is 130 Å². The van der Waals surface area contributed by atoms with Crippen LogP contribution in [0, 0.1) is 5.82 Å². The van der Waals surface area contributed by atoms with Crippen LogP contribution in [0.25, 0.3) is 0 Å². The van der Waals surface area contributed by atoms with Crippen LogP contribution in [0.2, 0.25) is 0 Å². The first-order chi connectivity index (χ1) is 10.6. The van der Waals surface area contributed by atoms with Crippen LogP contribution in [0.4, 0.5) is 9.18 Å². The van der Waals surface area contributed by atoms with Crippen LogP contribution < -0.4 is 5.32 Å². The van der Waals surface area contributed by atoms with E-state index in [1.54, 1.807) is 21.9 Å². The lowest BCUT2D eigenvalue weighted by molar-refractivity contribution is -0.131. The summed E-state index contributed by atoms with van der Waals surface area (Å²) in [6.07, 6.45) is 1.09. The number of carbonyl (C=O) groups is 2. The van der Waals surface area contributed by atoms with E-state index >= 15 is 0 Å². The first-order valence-electron chi connectivity index (χ1n) is 7.65. The van der Waals surface area contributed by atoms with Crippen molar-refractivity contribution in [1.29, 1.82) is 0 Å². The summed E-state index contributed by atoms with van der Waals surface area (Å²) in [5.41, 5.74) is 0.674. The topological polar surface area (TPSA) is 52.7 Å². The minimum absolute atomic E-state index is 0.0285. The minimum Gasteiger partial charge on any atom is -0.339 e. The molecule has 0 atom stereocenters. The average Bonchev–Trinajstić information content (AvgIpc) is 2.52. The monoisotopic (exact) mass is 307 g/mol. The molecule has 22 heavy (non-hydrogen) atoms. The molecule has 0 bridgehead atoms. The number of rotatable bonds is 4. The summed E-state index contributed by atoms with van der Waals surface area (Å²) in [5.74, 6) is -0.359. The number of hydrogen-bond donors (Lipinski definition) is 1. The molecule has 2 rings (SSSR count). The van der Waals surface area contributed by atoms with Gasteiger partial charge < -0.3 is 15.1 Å². The van der Waals surface area contributed by atoms with E-state index in [1.807, 2.05) is 6.92 Å². The van der Waals surface area contributed by atoms with Gasteiger partial charge in [-0.3, -0.25) is 4.79 Å². The van der Waals surface area contributed by atoms with Crippen molar-refractivity contribution in [2.45, 2.75) is 19.8 Å². The Morgan fingerprint density at radius 1 is 1.18 bits per heavy atom. The Balaban J connectivity index is 1.81. The Morgan fingerprint density at radius 3 is 2.50 bits per heavy atom. The van der Waals surface area contributed by atoms with E-state index in [9.17, 15) is 14.0 Å². The fourth-order valence-corrected chi connectivity index (χ4v) is 2.44. The molecule has 3 amide bonds. The van der Waals surface area contributed by atoms with Crippen molar-refractivity contribution in [3.05, 3.63) is 35.6 Å². The standard InChI is InChI=1S/C16H22FN3O2/c1-2-6-18-16(22)20-9-7-19(8-10-20)15(21)12-13-4-3-5-14(17)11-13/h3-5,11H,2,6-10,12H2,1H3,(H,18,22). The largest absolute Gasteiger partial charge is 0.339 e. The van der Waals surface area contributed by atoms with Gasteiger partial charge in [-0.05, 0) is 24.1 Å². The fourth-order valence-electron chi connectivity index (χ4n) is 2.44. The van der Waals surface area contributed by atoms with Crippen LogP contribution in [0.1, 0.15) is 18.9 Å². The van der Waals surface area contributed by atoms with E-state index in [2.05, 4.69) is 5.32 Å². The minimum atomic E-state index is -0.331. The number of urea groups is 1. The van der Waals surface area contributed by atoms with Crippen molar-refractivity contribution >= 4 is 11.9 Å². The van der Waals surface area contributed by atoms with Crippen molar-refractivity contribution in [3.63, 3.8) is 0 Å². The second kappa shape index (κ2) is 7.77. The lowest BCUT2D eigenvalue weighted by Crippen LogP contribution is -2.53. The van der Waals surface area contributed by atoms with Gasteiger partial charge in [0.25, 0.3) is 0 Å². The quantitative estimate of drug-likeness (QED) is 0.919. The highest BCUT2D eigenvalue weighted by Crippen LogP contribution is 2.09. The molecule has 1 aromatic carbocycles. The molecule has 0 unspecified atom stereocenters. The van der Waals surface area contributed by atoms with Crippen LogP contribution in [-0.4, -0.2) is 54.5 Å². The second-order valence-electron chi connectivity index (χ2n) is 5.41. The number of halogens is 1. The maximum Gasteiger partial charge on any atom is 0.317 e. The van der Waals surface area contributed by atoms with Gasteiger partial charge in [-0.2, -0.15) is 0 Å². The summed E-state index contributed by atoms with van der Waals surface area (Å²) in [6.45, 7) is 4.77. The molecule has 120 valence electrons. The van der Waals surface area contributed by atoms with Gasteiger partial charge in [-0.15, -0.1) is 0 Å². The molecule has 0 aromatic heterocycles. The zero-order valence-corrected chi connectivity index (χ0v) is 12.8. The summed E-state index contributed by atoms with van der Waals surface area (Å²) >= 11 is 0. The highest BCUT2D eigenvalue weighted by molar-refractivity contribution is 5.79. The van der Waals surface area contributed by atoms with Gasteiger partial charge >= 0.3 is 6.03 Å². The normalized spacial score (nSPS) is 14.8. The van der Waals surface area contributed by atoms with E-state index < -0.39 is 0 Å². The summed E-state index contributed by atoms with van der Waals surface area (Å²) in [4.78, 5) is 27.5. The maximum absolute atomic E-state index is 13.1. The lowest BCUT2D eigenvalue weighted by atomic mass is 10.1. The van der Waals surface area contributed by atoms with Gasteiger partial charge in [0.1, 0.15) is 5.82 Å². The lowest BCUT2D eigenvalue weighted by Gasteiger charge is -2.34. The Morgan fingerprint density at radius 2 is 1.86 bits per heavy atom. The smallest absolute Gasteiger partial charge is 0.317 e. The van der Waals surface area contributed by atoms with Crippen molar-refractivity contribution in [1.82, 2.24) is 15.1 Å². The van der Waals surface area contributed by atoms with Gasteiger partial charge in [0, 0.05) is 32.7 Å². The molecule has 1 aliphatic heterocycles. The fraction of sp³-hybridized carbons (Fsp3) is 0.500. The Kier molecular flexibility index (Phi) is 5.75. The molecule has 1 aliphatic rings. The zero-order valence-electron chi connectivity index (χ0n) is 12.8. The molecule has 0 spiro atoms. The number of nitrogens with one attached hydrogen (secondary N) is 1. The first kappa shape index (κ1) is 16.3. The summed E-state index contributed by atoms with van der Waals surface area (Å²) in [6, 6.07) is 6.02. The second-order valence-corrected chi connectivity index (χ2v) is 5.41. The van der Waals surface area contributed by atoms with Crippen molar-refractivity contribution in [2.75, 3.05) is 32.7 Å². The third kappa shape index (κ3) is 4.44. The predicted octanol–water partition coefficient (Wildman–Crippen LogP) is 1.63. The van der Waals surface area contributed by atoms with Crippen molar-refractivity contribution in [2.24, 2.45) is 0 Å². The van der Waals surface area contributed by atoms with Crippen molar-refractivity contribution in [3.8, 4) is 0 Å². The number of hydrogen-bond acceptors (Lipinski definition) is 2. The molecule has 0 aliphatic carbocycles. The van der Waals surface area contributed by atoms with Gasteiger partial charge in [0.15, 0.2) is 0 Å². The summed E-state index contributed by atoms with van der Waals surface area (Å²) in [5, 5.41) is 2.83. The number of piperazine rings is 1. The molecule has 0 saturated carbocycles. The van der Waals surface area contributed by atoms with Crippen LogP contribution in [0.5, 0.6) is 0 Å². The highest BCUT2D eigenvalue weighted by Gasteiger charge is 2.23. The van der Waals surface area contributed by atoms with Gasteiger partial charge in [-0.1, -0.05) is 19.1 Å². The van der Waals surface area contributed by atoms with Gasteiger partial charge in [0.05, 0.1) is 6.42 Å². The predicted molar refractivity (Wildman–Crippen MR) is 81.9 cm³/mol. The molecule has 5 nitrogen and oxygen atoms in total. The highest BCUT2D eigenvalue weighted by atomic mass is 19.1. The van der Waals surface area contributed by atoms with E-state index in [0.29, 0.717) is 38.3 Å². The Hall–Kier alpha value is -2.11. The van der Waals surface area contributed by atoms with Crippen LogP contribution in [-0.2, 0) is 11.2 Å². The molecule has 1 N–H and O–H groups in total. The number of amides is 3. The van der Waals surface area contributed by atoms with Crippen LogP contribution >= 0.6 is 0 Å². The number of benzene rings is 1. The van der Waals surface area contributed by atoms with Gasteiger partial charge in [0.2, 0.25) is 5.91 Å². The average molecular weight is 307 g/mol. The van der Waals surface area contributed by atoms with Crippen molar-refractivity contribution < 1.29 is 14.0 Å². The molecular weight excluding hydrogens is 285 g/mol. The van der Waals surface area contributed by atoms with E-state index in [4.69, 9.17) is 0 Å². The van der Waals surface area contributed by atoms with Crippen LogP contribution in [0.15, 0.2) is 24.3 Å². The molecule has 1 saturated heterocycles. The molecule has 6 heteroatoms. The Bertz CT molecular complexity index is 528. The molecular formula is C16H22FN3O2. The van der Waals surface area contributed by atoms with E-state index in [1.165, 1.54) is 12.1 Å². The molecule has 1 fully saturated rings. The first-order valence-corrected chi connectivity index (χ1v) is 7.65. The molecule has 1 heterocycles. The number of carbonyl (C=O) groups excluding carboxylic acids is 2. The maximum atomic E-state index is 13.1. The SMILES string of the molecule is CCCNC(=O)N1CCN(C(=O)Cc2cccc(F)c2)CC1. The molecule has 0 radical (unpaired) electrons. The molecule has 1 aromatic rings. The van der Waals surface area contributed by atoms with Gasteiger partial charge in [-0.25, -0.2) is 9.18 Å². The zero-order chi connectivity index (χ0) is 15.9. The summed E-state index contributed by atoms with van der Waals surface area (Å²) < 4.78 is 13.1. The van der Waals surface area contributed by atoms with E-state index in [0.717, 1.165) is 6.42 Å². The number of nitrogens with zero attached hydrogens (tertiary/aromatic N) is 2. The van der Waals surface area contributed by atoms with E-state index in [-0.39, 0.29) is 24.2 Å². The summed E-state index contributed by atoms with van der Waals surface area (Å²) in [7, 11) is 0. The van der Waals surface area contributed by atoms with Crippen LogP contribution in [0.3, 0.4) is 0 Å². The third-order valence-electron chi connectivity index (χ3n) is 3.69. The third-order valence-corrected chi connectivity index (χ3v) is 3.69.